The number of halogens is 3. The highest BCUT2D eigenvalue weighted by Gasteiger charge is 2.47. The second-order valence-electron chi connectivity index (χ2n) is 7.84. The van der Waals surface area contributed by atoms with E-state index in [0.717, 1.165) is 15.8 Å². The fourth-order valence-corrected chi connectivity index (χ4v) is 3.39. The van der Waals surface area contributed by atoms with E-state index in [-0.39, 0.29) is 26.1 Å². The largest absolute Gasteiger partial charge is 0.481 e. The third-order valence-corrected chi connectivity index (χ3v) is 4.64. The molecule has 0 bridgehead atoms. The Morgan fingerprint density at radius 2 is 1.96 bits per heavy atom. The molecule has 1 unspecified atom stereocenters. The summed E-state index contributed by atoms with van der Waals surface area (Å²) in [6, 6.07) is 0. The minimum atomic E-state index is -4.78. The van der Waals surface area contributed by atoms with Gasteiger partial charge in [0.05, 0.1) is 23.9 Å². The number of nitrogens with zero attached hydrogens (tertiary/aromatic N) is 3. The molecule has 0 aliphatic carbocycles. The third kappa shape index (κ3) is 4.10. The molecule has 27 heavy (non-hydrogen) atoms. The quantitative estimate of drug-likeness (QED) is 0.853. The number of alkyl halides is 3. The van der Waals surface area contributed by atoms with Crippen molar-refractivity contribution in [3.63, 3.8) is 0 Å². The molecule has 1 atom stereocenters. The number of rotatable bonds is 4. The molecule has 0 saturated carbocycles. The number of carbonyl (C=O) groups is 2. The molecule has 1 fully saturated rings. The smallest absolute Gasteiger partial charge is 0.433 e. The molecule has 1 amide bonds. The van der Waals surface area contributed by atoms with Crippen molar-refractivity contribution in [2.75, 3.05) is 26.8 Å². The van der Waals surface area contributed by atoms with Gasteiger partial charge in [0, 0.05) is 20.2 Å². The predicted molar refractivity (Wildman–Crippen MR) is 89.3 cm³/mol. The van der Waals surface area contributed by atoms with E-state index in [0.29, 0.717) is 6.42 Å². The Morgan fingerprint density at radius 1 is 1.33 bits per heavy atom. The number of carboxylic acid groups (broad SMARTS) is 1. The summed E-state index contributed by atoms with van der Waals surface area (Å²) in [5.74, 6) is -2.01. The molecule has 0 spiro atoms. The molecule has 0 radical (unpaired) electrons. The Balaban J connectivity index is 2.43. The number of aromatic nitrogens is 2. The Labute approximate surface area is 155 Å². The van der Waals surface area contributed by atoms with Gasteiger partial charge in [0.25, 0.3) is 5.91 Å². The zero-order valence-electron chi connectivity index (χ0n) is 15.8. The van der Waals surface area contributed by atoms with Gasteiger partial charge in [-0.3, -0.25) is 14.3 Å². The van der Waals surface area contributed by atoms with Crippen molar-refractivity contribution in [1.82, 2.24) is 14.7 Å². The van der Waals surface area contributed by atoms with E-state index in [9.17, 15) is 27.9 Å². The summed E-state index contributed by atoms with van der Waals surface area (Å²) in [7, 11) is 1.35. The molecule has 1 aromatic heterocycles. The zero-order chi connectivity index (χ0) is 20.6. The van der Waals surface area contributed by atoms with Gasteiger partial charge in [-0.05, 0) is 33.6 Å². The number of likely N-dealkylation sites (tertiary alicyclic amines) is 1. The van der Waals surface area contributed by atoms with Crippen molar-refractivity contribution in [3.05, 3.63) is 17.5 Å². The van der Waals surface area contributed by atoms with Gasteiger partial charge in [0.15, 0.2) is 5.69 Å². The standard InChI is InChI=1S/C17H24F3N3O4/c1-15(2,3)23-12(17(18,19)20)11(8-21-23)13(24)22-7-5-6-16(9-22,10-27-4)14(25)26/h8H,5-7,9-10H2,1-4H3,(H,25,26). The van der Waals surface area contributed by atoms with Gasteiger partial charge in [0.2, 0.25) is 0 Å². The van der Waals surface area contributed by atoms with Crippen molar-refractivity contribution in [2.24, 2.45) is 5.41 Å². The Hall–Kier alpha value is -2.10. The molecule has 2 rings (SSSR count). The van der Waals surface area contributed by atoms with E-state index in [2.05, 4.69) is 5.10 Å². The third-order valence-electron chi connectivity index (χ3n) is 4.64. The van der Waals surface area contributed by atoms with Crippen LogP contribution in [0.15, 0.2) is 6.20 Å². The number of methoxy groups -OCH3 is 1. The maximum Gasteiger partial charge on any atom is 0.433 e. The van der Waals surface area contributed by atoms with Crippen LogP contribution in [0.3, 0.4) is 0 Å². The number of hydrogen-bond donors (Lipinski definition) is 1. The van der Waals surface area contributed by atoms with Crippen LogP contribution in [0.2, 0.25) is 0 Å². The van der Waals surface area contributed by atoms with E-state index >= 15 is 0 Å². The first-order valence-electron chi connectivity index (χ1n) is 8.51. The van der Waals surface area contributed by atoms with Crippen LogP contribution in [0, 0.1) is 5.41 Å². The van der Waals surface area contributed by atoms with Crippen molar-refractivity contribution >= 4 is 11.9 Å². The van der Waals surface area contributed by atoms with Crippen molar-refractivity contribution < 1.29 is 32.6 Å². The molecule has 1 aliphatic heterocycles. The monoisotopic (exact) mass is 391 g/mol. The SMILES string of the molecule is COCC1(C(=O)O)CCCN(C(=O)c2cnn(C(C)(C)C)c2C(F)(F)F)C1. The van der Waals surface area contributed by atoms with Crippen LogP contribution in [0.4, 0.5) is 13.2 Å². The first-order valence-corrected chi connectivity index (χ1v) is 8.51. The first kappa shape index (κ1) is 21.2. The molecule has 7 nitrogen and oxygen atoms in total. The zero-order valence-corrected chi connectivity index (χ0v) is 15.8. The number of ether oxygens (including phenoxy) is 1. The van der Waals surface area contributed by atoms with Crippen LogP contribution in [-0.2, 0) is 21.2 Å². The normalized spacial score (nSPS) is 21.4. The highest BCUT2D eigenvalue weighted by atomic mass is 19.4. The van der Waals surface area contributed by atoms with Crippen LogP contribution >= 0.6 is 0 Å². The van der Waals surface area contributed by atoms with Gasteiger partial charge in [-0.2, -0.15) is 18.3 Å². The van der Waals surface area contributed by atoms with Crippen LogP contribution in [-0.4, -0.2) is 58.5 Å². The lowest BCUT2D eigenvalue weighted by atomic mass is 9.80. The number of carboxylic acids is 1. The second-order valence-corrected chi connectivity index (χ2v) is 7.84. The summed E-state index contributed by atoms with van der Waals surface area (Å²) in [5, 5.41) is 13.4. The highest BCUT2D eigenvalue weighted by Crippen LogP contribution is 2.37. The van der Waals surface area contributed by atoms with Crippen molar-refractivity contribution in [3.8, 4) is 0 Å². The number of amides is 1. The summed E-state index contributed by atoms with van der Waals surface area (Å²) >= 11 is 0. The summed E-state index contributed by atoms with van der Waals surface area (Å²) in [6.07, 6.45) is -3.23. The van der Waals surface area contributed by atoms with Gasteiger partial charge in [0.1, 0.15) is 5.41 Å². The minimum absolute atomic E-state index is 0.126. The van der Waals surface area contributed by atoms with E-state index in [4.69, 9.17) is 4.74 Å². The topological polar surface area (TPSA) is 84.7 Å². The summed E-state index contributed by atoms with van der Waals surface area (Å²) in [5.41, 5.74) is -4.01. The fraction of sp³-hybridized carbons (Fsp3) is 0.706. The van der Waals surface area contributed by atoms with Crippen molar-refractivity contribution in [2.45, 2.75) is 45.3 Å². The fourth-order valence-electron chi connectivity index (χ4n) is 3.39. The van der Waals surface area contributed by atoms with E-state index in [1.807, 2.05) is 0 Å². The molecule has 10 heteroatoms. The predicted octanol–water partition coefficient (Wildman–Crippen LogP) is 2.61. The molecule has 152 valence electrons. The lowest BCUT2D eigenvalue weighted by Crippen LogP contribution is -2.52. The van der Waals surface area contributed by atoms with Crippen LogP contribution in [0.25, 0.3) is 0 Å². The van der Waals surface area contributed by atoms with E-state index in [1.165, 1.54) is 7.11 Å². The average Bonchev–Trinajstić information content (AvgIpc) is 3.00. The number of piperidine rings is 1. The minimum Gasteiger partial charge on any atom is -0.481 e. The number of hydrogen-bond acceptors (Lipinski definition) is 4. The molecule has 1 N–H and O–H groups in total. The Morgan fingerprint density at radius 3 is 2.44 bits per heavy atom. The van der Waals surface area contributed by atoms with Gasteiger partial charge in [-0.25, -0.2) is 0 Å². The molecule has 2 heterocycles. The average molecular weight is 391 g/mol. The van der Waals surface area contributed by atoms with E-state index < -0.39 is 40.3 Å². The first-order chi connectivity index (χ1) is 12.3. The second kappa shape index (κ2) is 7.14. The summed E-state index contributed by atoms with van der Waals surface area (Å²) in [4.78, 5) is 25.7. The molecule has 1 aromatic rings. The molecular formula is C17H24F3N3O4. The Kier molecular flexibility index (Phi) is 5.61. The van der Waals surface area contributed by atoms with Gasteiger partial charge in [-0.15, -0.1) is 0 Å². The summed E-state index contributed by atoms with van der Waals surface area (Å²) in [6.45, 7) is 4.50. The van der Waals surface area contributed by atoms with Gasteiger partial charge in [-0.1, -0.05) is 0 Å². The van der Waals surface area contributed by atoms with Crippen molar-refractivity contribution in [1.29, 1.82) is 0 Å². The number of carbonyl (C=O) groups excluding carboxylic acids is 1. The maximum absolute atomic E-state index is 13.7. The number of aliphatic carboxylic acids is 1. The highest BCUT2D eigenvalue weighted by molar-refractivity contribution is 5.96. The molecule has 1 aliphatic rings. The lowest BCUT2D eigenvalue weighted by Gasteiger charge is -2.39. The molecule has 0 aromatic carbocycles. The Bertz CT molecular complexity index is 720. The summed E-state index contributed by atoms with van der Waals surface area (Å²) < 4.78 is 46.7. The van der Waals surface area contributed by atoms with E-state index in [1.54, 1.807) is 20.8 Å². The molecule has 1 saturated heterocycles. The van der Waals surface area contributed by atoms with Crippen LogP contribution < -0.4 is 0 Å². The lowest BCUT2D eigenvalue weighted by molar-refractivity contribution is -0.156. The van der Waals surface area contributed by atoms with Crippen LogP contribution in [0.1, 0.15) is 49.7 Å². The van der Waals surface area contributed by atoms with Gasteiger partial charge >= 0.3 is 12.1 Å². The molecular weight excluding hydrogens is 367 g/mol. The van der Waals surface area contributed by atoms with Gasteiger partial charge < -0.3 is 14.7 Å². The maximum atomic E-state index is 13.7. The van der Waals surface area contributed by atoms with Crippen LogP contribution in [0.5, 0.6) is 0 Å².